The largest absolute Gasteiger partial charge is 0.387 e. The topological polar surface area (TPSA) is 107 Å². The summed E-state index contributed by atoms with van der Waals surface area (Å²) < 4.78 is 23.8. The molecule has 206 valence electrons. The number of para-hydroxylation sites is 1. The molecule has 2 N–H and O–H groups in total. The first-order chi connectivity index (χ1) is 18.5. The molecule has 2 unspecified atom stereocenters. The fraction of sp³-hybridized carbons (Fsp3) is 0.333. The Morgan fingerprint density at radius 3 is 2.28 bits per heavy atom. The van der Waals surface area contributed by atoms with Crippen LogP contribution in [0.4, 0.5) is 11.4 Å². The number of hydrogen-bond acceptors (Lipinski definition) is 7. The van der Waals surface area contributed by atoms with Gasteiger partial charge in [0, 0.05) is 11.9 Å². The van der Waals surface area contributed by atoms with E-state index < -0.39 is 39.8 Å². The molecule has 4 atom stereocenters. The lowest BCUT2D eigenvalue weighted by Crippen LogP contribution is -2.57. The third-order valence-corrected chi connectivity index (χ3v) is 8.04. The summed E-state index contributed by atoms with van der Waals surface area (Å²) in [4.78, 5) is 28.5. The molecule has 0 spiro atoms. The van der Waals surface area contributed by atoms with E-state index in [1.54, 1.807) is 59.6 Å². The minimum Gasteiger partial charge on any atom is -0.387 e. The van der Waals surface area contributed by atoms with Crippen LogP contribution >= 0.6 is 0 Å². The summed E-state index contributed by atoms with van der Waals surface area (Å²) in [5.41, 5.74) is 6.45. The SMILES string of the molecule is CC(C)=CCC/C(C)=C/C(O)C1C=C[C@H]2C(=O)N(c3ccccc3)C(=O)[C@H]2N1Nc1ccc(S(C)(=O)=O)cc1. The van der Waals surface area contributed by atoms with Crippen LogP contribution in [0.1, 0.15) is 33.6 Å². The number of amides is 2. The number of hydrogen-bond donors (Lipinski definition) is 2. The first-order valence-electron chi connectivity index (χ1n) is 12.9. The van der Waals surface area contributed by atoms with Crippen LogP contribution in [0, 0.1) is 5.92 Å². The Bertz CT molecular complexity index is 1410. The normalized spacial score (nSPS) is 22.5. The second-order valence-corrected chi connectivity index (χ2v) is 12.3. The Morgan fingerprint density at radius 1 is 1.00 bits per heavy atom. The van der Waals surface area contributed by atoms with Gasteiger partial charge in [0.2, 0.25) is 5.91 Å². The molecule has 4 rings (SSSR count). The minimum absolute atomic E-state index is 0.165. The molecule has 1 saturated heterocycles. The molecule has 2 heterocycles. The Balaban J connectivity index is 1.67. The summed E-state index contributed by atoms with van der Waals surface area (Å²) in [5, 5.41) is 12.9. The number of sulfone groups is 1. The maximum atomic E-state index is 13.7. The summed E-state index contributed by atoms with van der Waals surface area (Å²) in [6.07, 6.45) is 9.19. The molecule has 1 fully saturated rings. The van der Waals surface area contributed by atoms with Crippen molar-refractivity contribution in [2.24, 2.45) is 5.92 Å². The highest BCUT2D eigenvalue weighted by Gasteiger charge is 2.53. The van der Waals surface area contributed by atoms with Gasteiger partial charge < -0.3 is 10.5 Å². The molecular formula is C30H35N3O5S. The zero-order valence-corrected chi connectivity index (χ0v) is 23.4. The number of aliphatic hydroxyl groups excluding tert-OH is 1. The van der Waals surface area contributed by atoms with Crippen molar-refractivity contribution in [2.75, 3.05) is 16.6 Å². The zero-order valence-electron chi connectivity index (χ0n) is 22.6. The molecule has 2 amide bonds. The summed E-state index contributed by atoms with van der Waals surface area (Å²) in [6, 6.07) is 13.4. The van der Waals surface area contributed by atoms with Crippen LogP contribution in [-0.2, 0) is 19.4 Å². The number of nitrogens with one attached hydrogen (secondary N) is 1. The monoisotopic (exact) mass is 549 g/mol. The lowest BCUT2D eigenvalue weighted by molar-refractivity contribution is -0.123. The molecule has 2 aromatic rings. The molecule has 8 nitrogen and oxygen atoms in total. The van der Waals surface area contributed by atoms with E-state index in [0.29, 0.717) is 11.4 Å². The number of benzene rings is 2. The quantitative estimate of drug-likeness (QED) is 0.355. The predicted molar refractivity (Wildman–Crippen MR) is 153 cm³/mol. The number of anilines is 2. The lowest BCUT2D eigenvalue weighted by atomic mass is 9.92. The number of hydrazine groups is 1. The molecule has 9 heteroatoms. The van der Waals surface area contributed by atoms with Gasteiger partial charge in [-0.3, -0.25) is 9.59 Å². The van der Waals surface area contributed by atoms with E-state index in [-0.39, 0.29) is 10.8 Å². The molecule has 0 radical (unpaired) electrons. The van der Waals surface area contributed by atoms with Crippen LogP contribution in [0.15, 0.2) is 94.9 Å². The van der Waals surface area contributed by atoms with Gasteiger partial charge >= 0.3 is 0 Å². The second-order valence-electron chi connectivity index (χ2n) is 10.3. The highest BCUT2D eigenvalue weighted by Crippen LogP contribution is 2.36. The van der Waals surface area contributed by atoms with Crippen molar-refractivity contribution in [1.82, 2.24) is 5.01 Å². The minimum atomic E-state index is -3.38. The summed E-state index contributed by atoms with van der Waals surface area (Å²) >= 11 is 0. The molecule has 0 bridgehead atoms. The number of allylic oxidation sites excluding steroid dienone is 3. The molecule has 2 aliphatic rings. The van der Waals surface area contributed by atoms with Gasteiger partial charge in [-0.25, -0.2) is 18.3 Å². The molecule has 2 aromatic carbocycles. The Kier molecular flexibility index (Phi) is 8.54. The summed E-state index contributed by atoms with van der Waals surface area (Å²) in [6.45, 7) is 6.05. The van der Waals surface area contributed by atoms with Gasteiger partial charge in [-0.2, -0.15) is 0 Å². The lowest BCUT2D eigenvalue weighted by Gasteiger charge is -2.40. The van der Waals surface area contributed by atoms with Crippen molar-refractivity contribution >= 4 is 33.0 Å². The van der Waals surface area contributed by atoms with Crippen molar-refractivity contribution in [3.8, 4) is 0 Å². The van der Waals surface area contributed by atoms with Gasteiger partial charge in [0.05, 0.1) is 28.6 Å². The predicted octanol–water partition coefficient (Wildman–Crippen LogP) is 4.27. The van der Waals surface area contributed by atoms with Gasteiger partial charge in [-0.1, -0.05) is 53.6 Å². The molecular weight excluding hydrogens is 514 g/mol. The smallest absolute Gasteiger partial charge is 0.254 e. The Labute approximate surface area is 230 Å². The van der Waals surface area contributed by atoms with Gasteiger partial charge in [0.25, 0.3) is 5.91 Å². The van der Waals surface area contributed by atoms with E-state index in [0.717, 1.165) is 24.7 Å². The van der Waals surface area contributed by atoms with E-state index in [1.807, 2.05) is 26.8 Å². The fourth-order valence-electron chi connectivity index (χ4n) is 4.91. The number of carbonyl (C=O) groups is 2. The maximum Gasteiger partial charge on any atom is 0.254 e. The number of nitrogens with zero attached hydrogens (tertiary/aromatic N) is 2. The Hall–Kier alpha value is -3.53. The third kappa shape index (κ3) is 6.38. The van der Waals surface area contributed by atoms with Crippen LogP contribution < -0.4 is 10.3 Å². The van der Waals surface area contributed by atoms with Gasteiger partial charge in [-0.15, -0.1) is 0 Å². The van der Waals surface area contributed by atoms with E-state index in [9.17, 15) is 23.1 Å². The van der Waals surface area contributed by atoms with Gasteiger partial charge in [0.15, 0.2) is 9.84 Å². The molecule has 39 heavy (non-hydrogen) atoms. The highest BCUT2D eigenvalue weighted by molar-refractivity contribution is 7.90. The van der Waals surface area contributed by atoms with E-state index in [2.05, 4.69) is 11.5 Å². The Morgan fingerprint density at radius 2 is 1.67 bits per heavy atom. The first kappa shape index (κ1) is 28.5. The van der Waals surface area contributed by atoms with E-state index in [4.69, 9.17) is 0 Å². The standard InChI is InChI=1S/C30H35N3O5S/c1-20(2)9-8-10-21(3)19-27(34)26-18-17-25-28(30(36)32(29(25)35)23-11-6-5-7-12-23)33(26)31-22-13-15-24(16-14-22)39(4,37)38/h5-7,9,11-19,25-28,31,34H,8,10H2,1-4H3/b21-19+/t25-,26?,27?,28+/m1/s1. The number of imide groups is 1. The second kappa shape index (κ2) is 11.7. The fourth-order valence-corrected chi connectivity index (χ4v) is 5.54. The molecule has 0 aromatic heterocycles. The van der Waals surface area contributed by atoms with Crippen molar-refractivity contribution in [3.63, 3.8) is 0 Å². The average molecular weight is 550 g/mol. The average Bonchev–Trinajstić information content (AvgIpc) is 3.14. The van der Waals surface area contributed by atoms with Crippen LogP contribution in [-0.4, -0.2) is 54.8 Å². The van der Waals surface area contributed by atoms with Crippen LogP contribution in [0.2, 0.25) is 0 Å². The highest BCUT2D eigenvalue weighted by atomic mass is 32.2. The van der Waals surface area contributed by atoms with Crippen LogP contribution in [0.3, 0.4) is 0 Å². The van der Waals surface area contributed by atoms with Crippen molar-refractivity contribution in [3.05, 3.63) is 90.0 Å². The third-order valence-electron chi connectivity index (χ3n) is 6.91. The zero-order chi connectivity index (χ0) is 28.3. The molecule has 0 aliphatic carbocycles. The van der Waals surface area contributed by atoms with Crippen LogP contribution in [0.25, 0.3) is 0 Å². The van der Waals surface area contributed by atoms with E-state index in [1.165, 1.54) is 22.6 Å². The first-order valence-corrected chi connectivity index (χ1v) is 14.8. The van der Waals surface area contributed by atoms with Crippen LogP contribution in [0.5, 0.6) is 0 Å². The number of rotatable bonds is 9. The number of carbonyl (C=O) groups excluding carboxylic acids is 2. The van der Waals surface area contributed by atoms with Crippen molar-refractivity contribution < 1.29 is 23.1 Å². The number of aliphatic hydroxyl groups is 1. The summed E-state index contributed by atoms with van der Waals surface area (Å²) in [5.74, 6) is -1.48. The molecule has 0 saturated carbocycles. The van der Waals surface area contributed by atoms with Gasteiger partial charge in [-0.05, 0) is 70.0 Å². The van der Waals surface area contributed by atoms with E-state index >= 15 is 0 Å². The summed E-state index contributed by atoms with van der Waals surface area (Å²) in [7, 11) is -3.38. The van der Waals surface area contributed by atoms with Gasteiger partial charge in [0.1, 0.15) is 6.04 Å². The van der Waals surface area contributed by atoms with Crippen molar-refractivity contribution in [2.45, 2.75) is 56.7 Å². The van der Waals surface area contributed by atoms with Crippen molar-refractivity contribution in [1.29, 1.82) is 0 Å². The maximum absolute atomic E-state index is 13.7. The molecule has 2 aliphatic heterocycles. The number of fused-ring (bicyclic) bond motifs is 1.